The third kappa shape index (κ3) is 6.24. The van der Waals surface area contributed by atoms with Crippen LogP contribution in [0.2, 0.25) is 0 Å². The number of hydrogen-bond acceptors (Lipinski definition) is 0. The molecule has 0 atom stereocenters. The zero-order chi connectivity index (χ0) is 14.0. The van der Waals surface area contributed by atoms with Gasteiger partial charge in [-0.1, -0.05) is 80.5 Å². The first-order valence-electron chi connectivity index (χ1n) is 6.63. The van der Waals surface area contributed by atoms with Gasteiger partial charge in [-0.15, -0.1) is 0 Å². The van der Waals surface area contributed by atoms with Crippen molar-refractivity contribution < 1.29 is 0 Å². The molecule has 0 unspecified atom stereocenters. The molecule has 0 aliphatic rings. The summed E-state index contributed by atoms with van der Waals surface area (Å²) in [6.45, 7) is 14.3. The molecule has 0 heterocycles. The standard InChI is InChI=1S/C15H18.C3H8/c1-5-7-8-14(6-2)15-10-12(3)9-13(4)11-15;1-3-2/h5-11H,2H2,1,3-4H3;3H2,1-2H3/b7-5-,14-8+;. The van der Waals surface area contributed by atoms with Crippen LogP contribution in [0.5, 0.6) is 0 Å². The van der Waals surface area contributed by atoms with Gasteiger partial charge in [-0.05, 0) is 31.9 Å². The van der Waals surface area contributed by atoms with Crippen LogP contribution in [0.1, 0.15) is 43.9 Å². The lowest BCUT2D eigenvalue weighted by Gasteiger charge is -2.05. The van der Waals surface area contributed by atoms with Crippen molar-refractivity contribution in [3.05, 3.63) is 65.8 Å². The molecule has 1 aromatic rings. The average molecular weight is 242 g/mol. The third-order valence-corrected chi connectivity index (χ3v) is 2.24. The summed E-state index contributed by atoms with van der Waals surface area (Å²) in [5.41, 5.74) is 4.98. The van der Waals surface area contributed by atoms with Crippen molar-refractivity contribution in [2.45, 2.75) is 41.0 Å². The van der Waals surface area contributed by atoms with Gasteiger partial charge in [0.25, 0.3) is 0 Å². The SMILES string of the molecule is C=C/C(=C\C=C/C)c1cc(C)cc(C)c1.CCC. The molecule has 1 aromatic carbocycles. The van der Waals surface area contributed by atoms with E-state index in [-0.39, 0.29) is 0 Å². The minimum atomic E-state index is 1.17. The second kappa shape index (κ2) is 9.47. The summed E-state index contributed by atoms with van der Waals surface area (Å²) in [4.78, 5) is 0. The zero-order valence-corrected chi connectivity index (χ0v) is 12.5. The molecule has 1 rings (SSSR count). The van der Waals surface area contributed by atoms with Crippen LogP contribution in [0.25, 0.3) is 5.57 Å². The summed E-state index contributed by atoms with van der Waals surface area (Å²) < 4.78 is 0. The van der Waals surface area contributed by atoms with Crippen LogP contribution in [0, 0.1) is 13.8 Å². The smallest absolute Gasteiger partial charge is 0.0179 e. The highest BCUT2D eigenvalue weighted by molar-refractivity contribution is 5.75. The fourth-order valence-electron chi connectivity index (χ4n) is 1.62. The first-order valence-corrected chi connectivity index (χ1v) is 6.63. The Morgan fingerprint density at radius 3 is 2.00 bits per heavy atom. The van der Waals surface area contributed by atoms with Crippen molar-refractivity contribution in [2.75, 3.05) is 0 Å². The summed E-state index contributed by atoms with van der Waals surface area (Å²) in [7, 11) is 0. The highest BCUT2D eigenvalue weighted by Gasteiger charge is 1.98. The molecule has 0 aliphatic carbocycles. The normalized spacial score (nSPS) is 11.1. The molecule has 0 aromatic heterocycles. The van der Waals surface area contributed by atoms with Crippen LogP contribution in [0.15, 0.2) is 49.1 Å². The monoisotopic (exact) mass is 242 g/mol. The van der Waals surface area contributed by atoms with Crippen LogP contribution >= 0.6 is 0 Å². The van der Waals surface area contributed by atoms with E-state index in [1.807, 2.05) is 25.2 Å². The van der Waals surface area contributed by atoms with Gasteiger partial charge in [0.05, 0.1) is 0 Å². The van der Waals surface area contributed by atoms with E-state index >= 15 is 0 Å². The van der Waals surface area contributed by atoms with E-state index in [0.29, 0.717) is 0 Å². The Bertz CT molecular complexity index is 399. The van der Waals surface area contributed by atoms with E-state index < -0.39 is 0 Å². The summed E-state index contributed by atoms with van der Waals surface area (Å²) in [5.74, 6) is 0. The molecule has 0 nitrogen and oxygen atoms in total. The second-order valence-corrected chi connectivity index (χ2v) is 4.44. The molecule has 0 spiro atoms. The van der Waals surface area contributed by atoms with Crippen LogP contribution in [-0.4, -0.2) is 0 Å². The average Bonchev–Trinajstić information content (AvgIpc) is 2.30. The van der Waals surface area contributed by atoms with Gasteiger partial charge in [0.2, 0.25) is 0 Å². The number of rotatable bonds is 3. The molecular formula is C18H26. The molecule has 0 saturated carbocycles. The van der Waals surface area contributed by atoms with E-state index in [1.54, 1.807) is 0 Å². The number of benzene rings is 1. The lowest BCUT2D eigenvalue weighted by Crippen LogP contribution is -1.85. The maximum atomic E-state index is 3.85. The van der Waals surface area contributed by atoms with E-state index in [2.05, 4.69) is 58.5 Å². The topological polar surface area (TPSA) is 0 Å². The quantitative estimate of drug-likeness (QED) is 0.582. The number of allylic oxidation sites excluding steroid dienone is 5. The Balaban J connectivity index is 0.000000873. The molecule has 0 aliphatic heterocycles. The minimum absolute atomic E-state index is 1.17. The predicted molar refractivity (Wildman–Crippen MR) is 84.9 cm³/mol. The van der Waals surface area contributed by atoms with Gasteiger partial charge in [-0.3, -0.25) is 0 Å². The van der Waals surface area contributed by atoms with Crippen molar-refractivity contribution in [1.29, 1.82) is 0 Å². The van der Waals surface area contributed by atoms with Crippen molar-refractivity contribution in [1.82, 2.24) is 0 Å². The molecule has 0 N–H and O–H groups in total. The molecule has 0 amide bonds. The second-order valence-electron chi connectivity index (χ2n) is 4.44. The van der Waals surface area contributed by atoms with Crippen LogP contribution in [0.3, 0.4) is 0 Å². The fourth-order valence-corrected chi connectivity index (χ4v) is 1.62. The van der Waals surface area contributed by atoms with E-state index in [1.165, 1.54) is 28.7 Å². The molecule has 0 radical (unpaired) electrons. The minimum Gasteiger partial charge on any atom is -0.0984 e. The van der Waals surface area contributed by atoms with E-state index in [0.717, 1.165) is 0 Å². The van der Waals surface area contributed by atoms with Crippen molar-refractivity contribution in [3.8, 4) is 0 Å². The Morgan fingerprint density at radius 2 is 1.61 bits per heavy atom. The Hall–Kier alpha value is -1.56. The van der Waals surface area contributed by atoms with Crippen molar-refractivity contribution in [2.24, 2.45) is 0 Å². The first kappa shape index (κ1) is 16.4. The summed E-state index contributed by atoms with van der Waals surface area (Å²) in [6.07, 6.45) is 9.29. The van der Waals surface area contributed by atoms with Gasteiger partial charge in [0, 0.05) is 0 Å². The summed E-state index contributed by atoms with van der Waals surface area (Å²) >= 11 is 0. The van der Waals surface area contributed by atoms with Gasteiger partial charge >= 0.3 is 0 Å². The first-order chi connectivity index (χ1) is 8.58. The van der Waals surface area contributed by atoms with Gasteiger partial charge < -0.3 is 0 Å². The van der Waals surface area contributed by atoms with Gasteiger partial charge in [-0.2, -0.15) is 0 Å². The third-order valence-electron chi connectivity index (χ3n) is 2.24. The maximum absolute atomic E-state index is 3.85. The molecule has 98 valence electrons. The lowest BCUT2D eigenvalue weighted by atomic mass is 10.0. The molecule has 0 fully saturated rings. The highest BCUT2D eigenvalue weighted by atomic mass is 14.0. The molecule has 0 heteroatoms. The van der Waals surface area contributed by atoms with Crippen LogP contribution in [-0.2, 0) is 0 Å². The molecule has 18 heavy (non-hydrogen) atoms. The molecule has 0 bridgehead atoms. The Morgan fingerprint density at radius 1 is 1.11 bits per heavy atom. The largest absolute Gasteiger partial charge is 0.0984 e. The molecule has 0 saturated heterocycles. The summed E-state index contributed by atoms with van der Waals surface area (Å²) in [5, 5.41) is 0. The van der Waals surface area contributed by atoms with Crippen LogP contribution in [0.4, 0.5) is 0 Å². The fraction of sp³-hybridized carbons (Fsp3) is 0.333. The van der Waals surface area contributed by atoms with Crippen molar-refractivity contribution >= 4 is 5.57 Å². The van der Waals surface area contributed by atoms with Crippen molar-refractivity contribution in [3.63, 3.8) is 0 Å². The van der Waals surface area contributed by atoms with E-state index in [9.17, 15) is 0 Å². The maximum Gasteiger partial charge on any atom is -0.0179 e. The van der Waals surface area contributed by atoms with Gasteiger partial charge in [0.1, 0.15) is 0 Å². The molecular weight excluding hydrogens is 216 g/mol. The number of hydrogen-bond donors (Lipinski definition) is 0. The number of aryl methyl sites for hydroxylation is 2. The summed E-state index contributed by atoms with van der Waals surface area (Å²) in [6, 6.07) is 6.55. The van der Waals surface area contributed by atoms with E-state index in [4.69, 9.17) is 0 Å². The van der Waals surface area contributed by atoms with Gasteiger partial charge in [-0.25, -0.2) is 0 Å². The van der Waals surface area contributed by atoms with Crippen LogP contribution < -0.4 is 0 Å². The Labute approximate surface area is 113 Å². The predicted octanol–water partition coefficient (Wildman–Crippen LogP) is 5.87. The zero-order valence-electron chi connectivity index (χ0n) is 12.5. The highest BCUT2D eigenvalue weighted by Crippen LogP contribution is 2.19. The van der Waals surface area contributed by atoms with Gasteiger partial charge in [0.15, 0.2) is 0 Å². The Kier molecular flexibility index (Phi) is 8.65. The lowest BCUT2D eigenvalue weighted by molar-refractivity contribution is 1.09.